The zero-order chi connectivity index (χ0) is 10.3. The number of pyridine rings is 1. The van der Waals surface area contributed by atoms with Crippen LogP contribution in [0.3, 0.4) is 0 Å². The van der Waals surface area contributed by atoms with Gasteiger partial charge in [-0.05, 0) is 55.7 Å². The molecular weight excluding hydrogens is 170 g/mol. The Balaban J connectivity index is 2.61. The van der Waals surface area contributed by atoms with E-state index in [1.54, 1.807) is 0 Å². The zero-order valence-electron chi connectivity index (χ0n) is 9.65. The van der Waals surface area contributed by atoms with Crippen molar-refractivity contribution in [2.24, 2.45) is 0 Å². The summed E-state index contributed by atoms with van der Waals surface area (Å²) in [6, 6.07) is 0. The molecule has 0 spiro atoms. The molecule has 1 aliphatic rings. The number of fused-ring (bicyclic) bond motifs is 1. The lowest BCUT2D eigenvalue weighted by atomic mass is 9.96. The van der Waals surface area contributed by atoms with Crippen molar-refractivity contribution in [1.82, 2.24) is 4.98 Å². The molecule has 2 rings (SSSR count). The summed E-state index contributed by atoms with van der Waals surface area (Å²) in [5, 5.41) is 0. The Kier molecular flexibility index (Phi) is 2.34. The van der Waals surface area contributed by atoms with Crippen molar-refractivity contribution in [1.29, 1.82) is 0 Å². The van der Waals surface area contributed by atoms with Crippen LogP contribution in [0.15, 0.2) is 0 Å². The number of hydrogen-bond acceptors (Lipinski definition) is 1. The topological polar surface area (TPSA) is 12.9 Å². The van der Waals surface area contributed by atoms with Crippen molar-refractivity contribution in [3.63, 3.8) is 0 Å². The molecule has 0 N–H and O–H groups in total. The van der Waals surface area contributed by atoms with Crippen LogP contribution in [0.5, 0.6) is 0 Å². The molecule has 0 bridgehead atoms. The van der Waals surface area contributed by atoms with Crippen LogP contribution in [-0.4, -0.2) is 4.98 Å². The van der Waals surface area contributed by atoms with E-state index in [4.69, 9.17) is 4.98 Å². The van der Waals surface area contributed by atoms with Crippen LogP contribution in [0.2, 0.25) is 0 Å². The van der Waals surface area contributed by atoms with E-state index in [1.165, 1.54) is 47.3 Å². The third kappa shape index (κ3) is 1.35. The quantitative estimate of drug-likeness (QED) is 0.660. The smallest absolute Gasteiger partial charge is 0.0464 e. The average Bonchev–Trinajstić information content (AvgIpc) is 2.58. The van der Waals surface area contributed by atoms with E-state index in [0.717, 1.165) is 0 Å². The predicted molar refractivity (Wildman–Crippen MR) is 59.8 cm³/mol. The minimum Gasteiger partial charge on any atom is -0.257 e. The Labute approximate surface area is 86.6 Å². The normalized spacial score (nSPS) is 14.9. The zero-order valence-corrected chi connectivity index (χ0v) is 9.65. The first-order chi connectivity index (χ1) is 6.61. The van der Waals surface area contributed by atoms with Gasteiger partial charge in [-0.25, -0.2) is 0 Å². The van der Waals surface area contributed by atoms with Crippen LogP contribution in [0.25, 0.3) is 0 Å². The molecule has 1 aromatic rings. The van der Waals surface area contributed by atoms with Crippen LogP contribution in [0.4, 0.5) is 0 Å². The molecule has 0 unspecified atom stereocenters. The van der Waals surface area contributed by atoms with Gasteiger partial charge in [-0.2, -0.15) is 0 Å². The van der Waals surface area contributed by atoms with E-state index < -0.39 is 0 Å². The highest BCUT2D eigenvalue weighted by atomic mass is 14.7. The third-order valence-corrected chi connectivity index (χ3v) is 3.39. The molecule has 0 radical (unpaired) electrons. The van der Waals surface area contributed by atoms with E-state index in [2.05, 4.69) is 27.7 Å². The molecule has 0 aromatic carbocycles. The molecule has 0 saturated carbocycles. The number of hydrogen-bond donors (Lipinski definition) is 0. The van der Waals surface area contributed by atoms with Crippen molar-refractivity contribution in [2.45, 2.75) is 52.9 Å². The highest BCUT2D eigenvalue weighted by Crippen LogP contribution is 2.29. The molecule has 76 valence electrons. The van der Waals surface area contributed by atoms with Gasteiger partial charge in [0.1, 0.15) is 0 Å². The number of rotatable bonds is 1. The van der Waals surface area contributed by atoms with Gasteiger partial charge in [-0.3, -0.25) is 4.98 Å². The molecule has 0 fully saturated rings. The third-order valence-electron chi connectivity index (χ3n) is 3.39. The summed E-state index contributed by atoms with van der Waals surface area (Å²) >= 11 is 0. The average molecular weight is 189 g/mol. The van der Waals surface area contributed by atoms with E-state index in [9.17, 15) is 0 Å². The van der Waals surface area contributed by atoms with Crippen LogP contribution < -0.4 is 0 Å². The molecule has 14 heavy (non-hydrogen) atoms. The van der Waals surface area contributed by atoms with Crippen LogP contribution in [0, 0.1) is 13.8 Å². The van der Waals surface area contributed by atoms with Crippen molar-refractivity contribution in [3.8, 4) is 0 Å². The van der Waals surface area contributed by atoms with Gasteiger partial charge in [0.15, 0.2) is 0 Å². The Hall–Kier alpha value is -0.850. The first-order valence-electron chi connectivity index (χ1n) is 5.60. The summed E-state index contributed by atoms with van der Waals surface area (Å²) in [6.45, 7) is 8.94. The van der Waals surface area contributed by atoms with Crippen LogP contribution >= 0.6 is 0 Å². The summed E-state index contributed by atoms with van der Waals surface area (Å²) in [4.78, 5) is 4.81. The first kappa shape index (κ1) is 9.70. The molecule has 1 aromatic heterocycles. The fourth-order valence-corrected chi connectivity index (χ4v) is 2.46. The van der Waals surface area contributed by atoms with Crippen LogP contribution in [0.1, 0.15) is 54.3 Å². The van der Waals surface area contributed by atoms with E-state index in [1.807, 2.05) is 0 Å². The summed E-state index contributed by atoms with van der Waals surface area (Å²) in [5.41, 5.74) is 7.13. The van der Waals surface area contributed by atoms with E-state index >= 15 is 0 Å². The number of aromatic nitrogens is 1. The second-order valence-corrected chi connectivity index (χ2v) is 4.68. The van der Waals surface area contributed by atoms with Crippen molar-refractivity contribution < 1.29 is 0 Å². The van der Waals surface area contributed by atoms with Gasteiger partial charge in [0, 0.05) is 11.4 Å². The highest BCUT2D eigenvalue weighted by molar-refractivity contribution is 5.42. The summed E-state index contributed by atoms with van der Waals surface area (Å²) < 4.78 is 0. The maximum absolute atomic E-state index is 4.81. The summed E-state index contributed by atoms with van der Waals surface area (Å²) in [7, 11) is 0. The van der Waals surface area contributed by atoms with Gasteiger partial charge < -0.3 is 0 Å². The molecule has 1 heteroatoms. The molecule has 0 atom stereocenters. The standard InChI is InChI=1S/C13H19N/c1-8(2)13-10(4)9(3)11-6-5-7-12(11)14-13/h8H,5-7H2,1-4H3. The van der Waals surface area contributed by atoms with Gasteiger partial charge in [-0.15, -0.1) is 0 Å². The lowest BCUT2D eigenvalue weighted by molar-refractivity contribution is 0.793. The molecule has 0 aliphatic heterocycles. The maximum Gasteiger partial charge on any atom is 0.0464 e. The minimum absolute atomic E-state index is 0.555. The molecule has 1 heterocycles. The van der Waals surface area contributed by atoms with Crippen molar-refractivity contribution >= 4 is 0 Å². The number of aryl methyl sites for hydroxylation is 1. The fraction of sp³-hybridized carbons (Fsp3) is 0.615. The van der Waals surface area contributed by atoms with E-state index in [0.29, 0.717) is 5.92 Å². The maximum atomic E-state index is 4.81. The lowest BCUT2D eigenvalue weighted by Crippen LogP contribution is -2.04. The molecular formula is C13H19N. The Morgan fingerprint density at radius 3 is 2.43 bits per heavy atom. The van der Waals surface area contributed by atoms with Gasteiger partial charge in [0.2, 0.25) is 0 Å². The minimum atomic E-state index is 0.555. The SMILES string of the molecule is Cc1c(C(C)C)nc2c(c1C)CCC2. The summed E-state index contributed by atoms with van der Waals surface area (Å²) in [6.07, 6.45) is 3.73. The monoisotopic (exact) mass is 189 g/mol. The van der Waals surface area contributed by atoms with E-state index in [-0.39, 0.29) is 0 Å². The molecule has 1 nitrogen and oxygen atoms in total. The lowest BCUT2D eigenvalue weighted by Gasteiger charge is -2.15. The Morgan fingerprint density at radius 2 is 1.79 bits per heavy atom. The Bertz CT molecular complexity index is 364. The largest absolute Gasteiger partial charge is 0.257 e. The molecule has 1 aliphatic carbocycles. The van der Waals surface area contributed by atoms with Crippen molar-refractivity contribution in [2.75, 3.05) is 0 Å². The van der Waals surface area contributed by atoms with Gasteiger partial charge in [0.25, 0.3) is 0 Å². The van der Waals surface area contributed by atoms with Crippen LogP contribution in [-0.2, 0) is 12.8 Å². The summed E-state index contributed by atoms with van der Waals surface area (Å²) in [5.74, 6) is 0.555. The van der Waals surface area contributed by atoms with Crippen molar-refractivity contribution in [3.05, 3.63) is 28.1 Å². The first-order valence-corrected chi connectivity index (χ1v) is 5.60. The number of nitrogens with zero attached hydrogens (tertiary/aromatic N) is 1. The molecule has 0 amide bonds. The molecule has 0 saturated heterocycles. The van der Waals surface area contributed by atoms with Gasteiger partial charge >= 0.3 is 0 Å². The highest BCUT2D eigenvalue weighted by Gasteiger charge is 2.19. The van der Waals surface area contributed by atoms with Gasteiger partial charge in [-0.1, -0.05) is 13.8 Å². The fourth-order valence-electron chi connectivity index (χ4n) is 2.46. The second-order valence-electron chi connectivity index (χ2n) is 4.68. The second kappa shape index (κ2) is 3.38. The predicted octanol–water partition coefficient (Wildman–Crippen LogP) is 3.31. The van der Waals surface area contributed by atoms with Gasteiger partial charge in [0.05, 0.1) is 0 Å². The Morgan fingerprint density at radius 1 is 1.07 bits per heavy atom.